The Labute approximate surface area is 391 Å². The van der Waals surface area contributed by atoms with Crippen LogP contribution >= 0.6 is 0 Å². The largest absolute Gasteiger partial charge is 0.394 e. The van der Waals surface area contributed by atoms with E-state index in [0.717, 1.165) is 44.9 Å². The molecule has 2 aliphatic rings. The van der Waals surface area contributed by atoms with Crippen molar-refractivity contribution >= 4 is 5.91 Å². The van der Waals surface area contributed by atoms with Gasteiger partial charge in [0.25, 0.3) is 0 Å². The van der Waals surface area contributed by atoms with Gasteiger partial charge in [-0.1, -0.05) is 172 Å². The van der Waals surface area contributed by atoms with Gasteiger partial charge in [0.15, 0.2) is 12.6 Å². The van der Waals surface area contributed by atoms with Crippen molar-refractivity contribution in [2.75, 3.05) is 19.8 Å². The predicted molar refractivity (Wildman–Crippen MR) is 254 cm³/mol. The summed E-state index contributed by atoms with van der Waals surface area (Å²) in [6.07, 6.45) is 26.2. The lowest BCUT2D eigenvalue weighted by Crippen LogP contribution is -2.65. The smallest absolute Gasteiger partial charge is 0.220 e. The fourth-order valence-electron chi connectivity index (χ4n) is 8.32. The Hall–Kier alpha value is -1.79. The molecule has 0 spiro atoms. The zero-order valence-electron chi connectivity index (χ0n) is 40.2. The van der Waals surface area contributed by atoms with Crippen molar-refractivity contribution in [3.05, 3.63) is 36.5 Å². The van der Waals surface area contributed by atoms with Crippen LogP contribution in [-0.4, -0.2) is 140 Å². The number of carbonyl (C=O) groups is 1. The van der Waals surface area contributed by atoms with Crippen molar-refractivity contribution in [1.82, 2.24) is 5.32 Å². The van der Waals surface area contributed by atoms with Gasteiger partial charge in [-0.2, -0.15) is 0 Å². The van der Waals surface area contributed by atoms with E-state index in [4.69, 9.17) is 18.9 Å². The predicted octanol–water partition coefficient (Wildman–Crippen LogP) is 6.71. The van der Waals surface area contributed by atoms with E-state index in [0.29, 0.717) is 12.8 Å². The number of aliphatic hydroxyl groups excluding tert-OH is 8. The molecule has 0 aromatic heterocycles. The first kappa shape index (κ1) is 59.3. The summed E-state index contributed by atoms with van der Waals surface area (Å²) in [5.74, 6) is -0.256. The Balaban J connectivity index is 1.86. The zero-order valence-corrected chi connectivity index (χ0v) is 40.2. The first-order valence-corrected chi connectivity index (χ1v) is 25.7. The van der Waals surface area contributed by atoms with Gasteiger partial charge in [0, 0.05) is 6.42 Å². The molecule has 14 heteroatoms. The minimum Gasteiger partial charge on any atom is -0.394 e. The summed E-state index contributed by atoms with van der Waals surface area (Å²) in [5.41, 5.74) is 0. The zero-order chi connectivity index (χ0) is 47.5. The summed E-state index contributed by atoms with van der Waals surface area (Å²) in [6, 6.07) is -0.933. The summed E-state index contributed by atoms with van der Waals surface area (Å²) in [5, 5.41) is 86.6. The van der Waals surface area contributed by atoms with E-state index in [1.165, 1.54) is 109 Å². The summed E-state index contributed by atoms with van der Waals surface area (Å²) in [6.45, 7) is 2.74. The highest BCUT2D eigenvalue weighted by Crippen LogP contribution is 2.30. The molecular weight excluding hydrogens is 835 g/mol. The van der Waals surface area contributed by atoms with Crippen molar-refractivity contribution in [2.45, 2.75) is 261 Å². The molecule has 1 amide bonds. The molecule has 2 fully saturated rings. The van der Waals surface area contributed by atoms with Gasteiger partial charge < -0.3 is 65.1 Å². The molecule has 2 heterocycles. The quantitative estimate of drug-likeness (QED) is 0.0231. The number of hydrogen-bond donors (Lipinski definition) is 9. The van der Waals surface area contributed by atoms with E-state index in [9.17, 15) is 45.6 Å². The first-order chi connectivity index (χ1) is 31.6. The topological polar surface area (TPSA) is 228 Å². The van der Waals surface area contributed by atoms with Gasteiger partial charge in [-0.25, -0.2) is 0 Å². The maximum atomic E-state index is 13.1. The van der Waals surface area contributed by atoms with E-state index < -0.39 is 86.8 Å². The summed E-state index contributed by atoms with van der Waals surface area (Å²) < 4.78 is 22.6. The average molecular weight is 928 g/mol. The number of hydrogen-bond acceptors (Lipinski definition) is 13. The van der Waals surface area contributed by atoms with Crippen LogP contribution in [-0.2, 0) is 23.7 Å². The van der Waals surface area contributed by atoms with Gasteiger partial charge in [-0.3, -0.25) is 4.79 Å². The molecule has 9 N–H and O–H groups in total. The molecule has 65 heavy (non-hydrogen) atoms. The lowest BCUT2D eigenvalue weighted by molar-refractivity contribution is -0.359. The van der Waals surface area contributed by atoms with Gasteiger partial charge >= 0.3 is 0 Å². The molecule has 380 valence electrons. The van der Waals surface area contributed by atoms with Crippen molar-refractivity contribution in [3.8, 4) is 0 Å². The second-order valence-corrected chi connectivity index (χ2v) is 18.3. The molecule has 0 aromatic rings. The number of amides is 1. The molecule has 2 aliphatic heterocycles. The molecule has 14 nitrogen and oxygen atoms in total. The van der Waals surface area contributed by atoms with E-state index in [1.807, 2.05) is 6.08 Å². The molecule has 0 bridgehead atoms. The fourth-order valence-corrected chi connectivity index (χ4v) is 8.32. The Morgan fingerprint density at radius 2 is 0.985 bits per heavy atom. The normalized spacial score (nSPS) is 27.3. The second-order valence-electron chi connectivity index (χ2n) is 18.3. The maximum Gasteiger partial charge on any atom is 0.220 e. The summed E-state index contributed by atoms with van der Waals surface area (Å²) in [4.78, 5) is 13.1. The van der Waals surface area contributed by atoms with Crippen LogP contribution in [0, 0.1) is 0 Å². The SMILES string of the molecule is CCCCCCCCCCCC/C=C/CC/C=C/CC/C=C/C(O)C(COC1OC(CO)C(OC2OC(CO)C(O)C(O)C2O)C(O)C1O)NC(=O)CCCCCCCCCCCCC. The third kappa shape index (κ3) is 25.4. The molecule has 12 atom stereocenters. The maximum absolute atomic E-state index is 13.1. The molecule has 2 saturated heterocycles. The molecule has 12 unspecified atom stereocenters. The Bertz CT molecular complexity index is 1230. The highest BCUT2D eigenvalue weighted by Gasteiger charge is 2.51. The van der Waals surface area contributed by atoms with Gasteiger partial charge in [0.1, 0.15) is 48.8 Å². The monoisotopic (exact) mass is 928 g/mol. The van der Waals surface area contributed by atoms with Gasteiger partial charge in [-0.05, 0) is 44.9 Å². The number of unbranched alkanes of at least 4 members (excludes halogenated alkanes) is 22. The highest BCUT2D eigenvalue weighted by molar-refractivity contribution is 5.76. The number of carbonyl (C=O) groups excluding carboxylic acids is 1. The number of ether oxygens (including phenoxy) is 4. The fraction of sp³-hybridized carbons (Fsp3) is 0.863. The average Bonchev–Trinajstić information content (AvgIpc) is 3.30. The number of allylic oxidation sites excluding steroid dienone is 5. The Morgan fingerprint density at radius 1 is 0.538 bits per heavy atom. The molecular formula is C51H93NO13. The van der Waals surface area contributed by atoms with Crippen LogP contribution in [0.2, 0.25) is 0 Å². The molecule has 0 radical (unpaired) electrons. The lowest BCUT2D eigenvalue weighted by atomic mass is 9.97. The van der Waals surface area contributed by atoms with E-state index in [-0.39, 0.29) is 18.9 Å². The van der Waals surface area contributed by atoms with Crippen LogP contribution in [0.1, 0.15) is 187 Å². The van der Waals surface area contributed by atoms with Crippen LogP contribution < -0.4 is 5.32 Å². The van der Waals surface area contributed by atoms with Crippen molar-refractivity contribution < 1.29 is 64.6 Å². The minimum atomic E-state index is -1.79. The molecule has 0 saturated carbocycles. The molecule has 0 aliphatic carbocycles. The van der Waals surface area contributed by atoms with E-state index >= 15 is 0 Å². The molecule has 2 rings (SSSR count). The van der Waals surface area contributed by atoms with Crippen LogP contribution in [0.25, 0.3) is 0 Å². The summed E-state index contributed by atoms with van der Waals surface area (Å²) >= 11 is 0. The number of nitrogens with one attached hydrogen (secondary N) is 1. The number of aliphatic hydroxyl groups is 8. The van der Waals surface area contributed by atoms with Crippen molar-refractivity contribution in [2.24, 2.45) is 0 Å². The second kappa shape index (κ2) is 38.1. The van der Waals surface area contributed by atoms with Gasteiger partial charge in [0.05, 0.1) is 32.0 Å². The van der Waals surface area contributed by atoms with Crippen LogP contribution in [0.4, 0.5) is 0 Å². The van der Waals surface area contributed by atoms with Crippen molar-refractivity contribution in [3.63, 3.8) is 0 Å². The van der Waals surface area contributed by atoms with E-state index in [2.05, 4.69) is 43.5 Å². The third-order valence-electron chi connectivity index (χ3n) is 12.6. The van der Waals surface area contributed by atoms with Crippen LogP contribution in [0.5, 0.6) is 0 Å². The number of rotatable bonds is 39. The lowest BCUT2D eigenvalue weighted by Gasteiger charge is -2.46. The summed E-state index contributed by atoms with van der Waals surface area (Å²) in [7, 11) is 0. The Kier molecular flexibility index (Phi) is 34.8. The van der Waals surface area contributed by atoms with E-state index in [1.54, 1.807) is 6.08 Å². The first-order valence-electron chi connectivity index (χ1n) is 25.7. The van der Waals surface area contributed by atoms with Crippen LogP contribution in [0.15, 0.2) is 36.5 Å². The molecule has 0 aromatic carbocycles. The minimum absolute atomic E-state index is 0.256. The Morgan fingerprint density at radius 3 is 1.51 bits per heavy atom. The van der Waals surface area contributed by atoms with Gasteiger partial charge in [-0.15, -0.1) is 0 Å². The van der Waals surface area contributed by atoms with Crippen molar-refractivity contribution in [1.29, 1.82) is 0 Å². The standard InChI is InChI=1S/C51H93NO13/c1-3-5-7-9-11-13-15-16-17-18-19-20-21-22-23-25-26-28-30-32-34-40(55)39(52-43(56)35-33-31-29-27-24-14-12-10-8-6-4-2)38-62-50-48(61)46(59)49(42(37-54)64-50)65-51-47(60)45(58)44(57)41(36-53)63-51/h20-21,25-26,32,34,39-42,44-51,53-55,57-61H,3-19,22-24,27-31,33,35-38H2,1-2H3,(H,52,56)/b21-20+,26-25+,34-32+. The van der Waals surface area contributed by atoms with Crippen LogP contribution in [0.3, 0.4) is 0 Å². The third-order valence-corrected chi connectivity index (χ3v) is 12.6. The highest BCUT2D eigenvalue weighted by atomic mass is 16.7. The van der Waals surface area contributed by atoms with Gasteiger partial charge in [0.2, 0.25) is 5.91 Å².